The van der Waals surface area contributed by atoms with Crippen LogP contribution in [0.25, 0.3) is 11.3 Å². The second kappa shape index (κ2) is 7.01. The molecular weight excluding hydrogens is 304 g/mol. The third-order valence-corrected chi connectivity index (χ3v) is 4.90. The van der Waals surface area contributed by atoms with Gasteiger partial charge in [-0.1, -0.05) is 17.3 Å². The lowest BCUT2D eigenvalue weighted by Crippen LogP contribution is -2.42. The average Bonchev–Trinajstić information content (AvgIpc) is 3.24. The molecule has 1 aromatic carbocycles. The number of aliphatic hydroxyl groups is 1. The zero-order valence-corrected chi connectivity index (χ0v) is 13.9. The standard InChI is InChI=1S/C18H24N4O2/c23-17(11-21-6-8-24-9-7-21)12-22-13-18(19-20-22)16-5-4-14-2-1-3-15(14)10-16/h4-5,10,13,17,23H,1-3,6-9,11-12H2. The van der Waals surface area contributed by atoms with Crippen molar-refractivity contribution < 1.29 is 9.84 Å². The van der Waals surface area contributed by atoms with E-state index in [0.717, 1.165) is 44.0 Å². The number of aromatic nitrogens is 3. The molecule has 128 valence electrons. The molecule has 0 bridgehead atoms. The van der Waals surface area contributed by atoms with Gasteiger partial charge in [0.1, 0.15) is 5.69 Å². The Balaban J connectivity index is 1.39. The zero-order valence-electron chi connectivity index (χ0n) is 13.9. The van der Waals surface area contributed by atoms with E-state index >= 15 is 0 Å². The Kier molecular flexibility index (Phi) is 4.60. The first-order valence-corrected chi connectivity index (χ1v) is 8.78. The maximum absolute atomic E-state index is 10.3. The highest BCUT2D eigenvalue weighted by Crippen LogP contribution is 2.26. The van der Waals surface area contributed by atoms with Crippen LogP contribution in [0.4, 0.5) is 0 Å². The van der Waals surface area contributed by atoms with Crippen molar-refractivity contribution in [3.8, 4) is 11.3 Å². The summed E-state index contributed by atoms with van der Waals surface area (Å²) in [6, 6.07) is 6.58. The number of ether oxygens (including phenoxy) is 1. The van der Waals surface area contributed by atoms with Crippen LogP contribution < -0.4 is 0 Å². The quantitative estimate of drug-likeness (QED) is 0.891. The van der Waals surface area contributed by atoms with Crippen LogP contribution in [-0.4, -0.2) is 64.0 Å². The van der Waals surface area contributed by atoms with Gasteiger partial charge in [-0.2, -0.15) is 0 Å². The van der Waals surface area contributed by atoms with Crippen LogP contribution in [0.1, 0.15) is 17.5 Å². The van der Waals surface area contributed by atoms with Crippen LogP contribution >= 0.6 is 0 Å². The second-order valence-electron chi connectivity index (χ2n) is 6.73. The minimum absolute atomic E-state index is 0.447. The normalized spacial score (nSPS) is 19.4. The van der Waals surface area contributed by atoms with E-state index in [0.29, 0.717) is 13.1 Å². The third-order valence-electron chi connectivity index (χ3n) is 4.90. The van der Waals surface area contributed by atoms with Gasteiger partial charge in [0.05, 0.1) is 32.1 Å². The lowest BCUT2D eigenvalue weighted by molar-refractivity contribution is 0.0107. The van der Waals surface area contributed by atoms with Crippen LogP contribution in [0.5, 0.6) is 0 Å². The molecule has 0 radical (unpaired) electrons. The number of morpholine rings is 1. The highest BCUT2D eigenvalue weighted by atomic mass is 16.5. The Hall–Kier alpha value is -1.76. The second-order valence-corrected chi connectivity index (χ2v) is 6.73. The van der Waals surface area contributed by atoms with Crippen molar-refractivity contribution in [3.63, 3.8) is 0 Å². The summed E-state index contributed by atoms with van der Waals surface area (Å²) in [5.74, 6) is 0. The van der Waals surface area contributed by atoms with Gasteiger partial charge in [-0.15, -0.1) is 5.10 Å². The summed E-state index contributed by atoms with van der Waals surface area (Å²) in [6.07, 6.45) is 5.09. The van der Waals surface area contributed by atoms with Crippen LogP contribution in [0, 0.1) is 0 Å². The number of aliphatic hydroxyl groups excluding tert-OH is 1. The lowest BCUT2D eigenvalue weighted by Gasteiger charge is -2.28. The summed E-state index contributed by atoms with van der Waals surface area (Å²) in [5, 5.41) is 18.8. The van der Waals surface area contributed by atoms with E-state index in [1.54, 1.807) is 4.68 Å². The Bertz CT molecular complexity index is 694. The molecule has 1 N–H and O–H groups in total. The Labute approximate surface area is 142 Å². The smallest absolute Gasteiger partial charge is 0.113 e. The topological polar surface area (TPSA) is 63.4 Å². The number of rotatable bonds is 5. The zero-order chi connectivity index (χ0) is 16.4. The van der Waals surface area contributed by atoms with Gasteiger partial charge in [0.2, 0.25) is 0 Å². The molecule has 2 aromatic rings. The molecule has 1 atom stereocenters. The fourth-order valence-corrected chi connectivity index (χ4v) is 3.61. The van der Waals surface area contributed by atoms with Gasteiger partial charge in [0, 0.05) is 25.2 Å². The van der Waals surface area contributed by atoms with E-state index in [1.165, 1.54) is 24.0 Å². The molecular formula is C18H24N4O2. The first-order chi connectivity index (χ1) is 11.8. The number of hydrogen-bond acceptors (Lipinski definition) is 5. The minimum Gasteiger partial charge on any atom is -0.390 e. The number of fused-ring (bicyclic) bond motifs is 1. The molecule has 2 heterocycles. The molecule has 6 heteroatoms. The summed E-state index contributed by atoms with van der Waals surface area (Å²) in [7, 11) is 0. The maximum atomic E-state index is 10.3. The van der Waals surface area contributed by atoms with Gasteiger partial charge >= 0.3 is 0 Å². The summed E-state index contributed by atoms with van der Waals surface area (Å²) in [5.41, 5.74) is 4.90. The predicted octanol–water partition coefficient (Wildman–Crippen LogP) is 1.13. The molecule has 1 aliphatic heterocycles. The van der Waals surface area contributed by atoms with E-state index < -0.39 is 6.10 Å². The van der Waals surface area contributed by atoms with E-state index in [4.69, 9.17) is 4.74 Å². The van der Waals surface area contributed by atoms with Gasteiger partial charge in [0.15, 0.2) is 0 Å². The first-order valence-electron chi connectivity index (χ1n) is 8.78. The molecule has 24 heavy (non-hydrogen) atoms. The Morgan fingerprint density at radius 3 is 2.83 bits per heavy atom. The van der Waals surface area contributed by atoms with Crippen molar-refractivity contribution >= 4 is 0 Å². The van der Waals surface area contributed by atoms with E-state index in [9.17, 15) is 5.11 Å². The van der Waals surface area contributed by atoms with Crippen LogP contribution in [-0.2, 0) is 24.1 Å². The van der Waals surface area contributed by atoms with Crippen molar-refractivity contribution in [2.45, 2.75) is 31.9 Å². The average molecular weight is 328 g/mol. The molecule has 1 saturated heterocycles. The van der Waals surface area contributed by atoms with E-state index in [-0.39, 0.29) is 0 Å². The number of nitrogens with zero attached hydrogens (tertiary/aromatic N) is 4. The highest BCUT2D eigenvalue weighted by molar-refractivity contribution is 5.60. The fourth-order valence-electron chi connectivity index (χ4n) is 3.61. The summed E-state index contributed by atoms with van der Waals surface area (Å²) < 4.78 is 7.08. The van der Waals surface area contributed by atoms with Crippen molar-refractivity contribution in [1.82, 2.24) is 19.9 Å². The van der Waals surface area contributed by atoms with Crippen LogP contribution in [0.3, 0.4) is 0 Å². The molecule has 0 saturated carbocycles. The minimum atomic E-state index is -0.447. The Morgan fingerprint density at radius 1 is 1.12 bits per heavy atom. The summed E-state index contributed by atoms with van der Waals surface area (Å²) in [4.78, 5) is 2.23. The van der Waals surface area contributed by atoms with Gasteiger partial charge in [0.25, 0.3) is 0 Å². The number of benzene rings is 1. The lowest BCUT2D eigenvalue weighted by atomic mass is 10.0. The number of aryl methyl sites for hydroxylation is 2. The molecule has 1 unspecified atom stereocenters. The molecule has 0 amide bonds. The first kappa shape index (κ1) is 15.7. The van der Waals surface area contributed by atoms with Gasteiger partial charge in [-0.25, -0.2) is 4.68 Å². The monoisotopic (exact) mass is 328 g/mol. The van der Waals surface area contributed by atoms with Crippen LogP contribution in [0.15, 0.2) is 24.4 Å². The molecule has 0 spiro atoms. The SMILES string of the molecule is OC(CN1CCOCC1)Cn1cc(-c2ccc3c(c2)CCC3)nn1. The molecule has 4 rings (SSSR count). The largest absolute Gasteiger partial charge is 0.390 e. The van der Waals surface area contributed by atoms with Gasteiger partial charge in [-0.3, -0.25) is 4.90 Å². The van der Waals surface area contributed by atoms with Gasteiger partial charge < -0.3 is 9.84 Å². The third kappa shape index (κ3) is 3.50. The van der Waals surface area contributed by atoms with Crippen molar-refractivity contribution in [1.29, 1.82) is 0 Å². The van der Waals surface area contributed by atoms with Crippen molar-refractivity contribution in [2.75, 3.05) is 32.8 Å². The number of hydrogen-bond donors (Lipinski definition) is 1. The van der Waals surface area contributed by atoms with Crippen molar-refractivity contribution in [2.24, 2.45) is 0 Å². The highest BCUT2D eigenvalue weighted by Gasteiger charge is 2.17. The van der Waals surface area contributed by atoms with E-state index in [1.807, 2.05) is 6.20 Å². The molecule has 1 aliphatic carbocycles. The van der Waals surface area contributed by atoms with Crippen molar-refractivity contribution in [3.05, 3.63) is 35.5 Å². The van der Waals surface area contributed by atoms with E-state index in [2.05, 4.69) is 33.4 Å². The molecule has 2 aliphatic rings. The predicted molar refractivity (Wildman–Crippen MR) is 90.7 cm³/mol. The molecule has 1 aromatic heterocycles. The summed E-state index contributed by atoms with van der Waals surface area (Å²) in [6.45, 7) is 4.38. The maximum Gasteiger partial charge on any atom is 0.113 e. The summed E-state index contributed by atoms with van der Waals surface area (Å²) >= 11 is 0. The Morgan fingerprint density at radius 2 is 1.96 bits per heavy atom. The fraction of sp³-hybridized carbons (Fsp3) is 0.556. The van der Waals surface area contributed by atoms with Crippen LogP contribution in [0.2, 0.25) is 0 Å². The molecule has 6 nitrogen and oxygen atoms in total. The molecule has 1 fully saturated rings. The van der Waals surface area contributed by atoms with Gasteiger partial charge in [-0.05, 0) is 36.5 Å². The number of β-amino-alcohol motifs (C(OH)–C–C–N with tert-alkyl or cyclic N) is 1.